The normalized spacial score (nSPS) is 25.3. The molecule has 2 heterocycles. The van der Waals surface area contributed by atoms with Gasteiger partial charge in [-0.3, -0.25) is 0 Å². The summed E-state index contributed by atoms with van der Waals surface area (Å²) in [5, 5.41) is 7.64. The summed E-state index contributed by atoms with van der Waals surface area (Å²) < 4.78 is 94.2. The summed E-state index contributed by atoms with van der Waals surface area (Å²) in [5.74, 6) is -15.8. The highest BCUT2D eigenvalue weighted by Gasteiger charge is 2.84. The third kappa shape index (κ3) is 4.04. The number of thioether (sulfide) groups is 2. The van der Waals surface area contributed by atoms with Gasteiger partial charge in [-0.2, -0.15) is 26.3 Å². The molecular weight excluding hydrogens is 719 g/mol. The predicted octanol–water partition coefficient (Wildman–Crippen LogP) is 14.0. The average molecular weight is 749 g/mol. The minimum absolute atomic E-state index is 0.119. The van der Waals surface area contributed by atoms with E-state index in [1.165, 1.54) is 35.7 Å². The Morgan fingerprint density at radius 1 is 0.453 bits per heavy atom. The summed E-state index contributed by atoms with van der Waals surface area (Å²) in [6, 6.07) is 35.6. The second-order valence-corrected chi connectivity index (χ2v) is 17.0. The van der Waals surface area contributed by atoms with Crippen LogP contribution in [0.1, 0.15) is 37.8 Å². The fourth-order valence-electron chi connectivity index (χ4n) is 9.35. The van der Waals surface area contributed by atoms with Crippen LogP contribution in [0.2, 0.25) is 0 Å². The second-order valence-electron chi connectivity index (χ2n) is 14.3. The molecule has 1 saturated carbocycles. The van der Waals surface area contributed by atoms with Gasteiger partial charge in [-0.05, 0) is 115 Å². The molecule has 1 fully saturated rings. The molecule has 0 aromatic heterocycles. The fourth-order valence-corrected chi connectivity index (χ4v) is 12.9. The van der Waals surface area contributed by atoms with Gasteiger partial charge in [-0.25, -0.2) is 0 Å². The first-order valence-corrected chi connectivity index (χ1v) is 19.3. The van der Waals surface area contributed by atoms with Crippen molar-refractivity contribution in [2.75, 3.05) is 0 Å². The van der Waals surface area contributed by atoms with Gasteiger partial charge in [0.25, 0.3) is 0 Å². The summed E-state index contributed by atoms with van der Waals surface area (Å²) in [7, 11) is 0. The topological polar surface area (TPSA) is 0 Å². The van der Waals surface area contributed by atoms with E-state index in [0.717, 1.165) is 54.2 Å². The Bertz CT molecular complexity index is 2570. The maximum Gasteiger partial charge on any atom is 0.380 e. The van der Waals surface area contributed by atoms with Gasteiger partial charge in [0.2, 0.25) is 0 Å². The van der Waals surface area contributed by atoms with Crippen LogP contribution >= 0.6 is 23.5 Å². The summed E-state index contributed by atoms with van der Waals surface area (Å²) in [5.41, 5.74) is -1.18. The highest BCUT2D eigenvalue weighted by molar-refractivity contribution is 8.14. The van der Waals surface area contributed by atoms with E-state index in [0.29, 0.717) is 9.81 Å². The van der Waals surface area contributed by atoms with E-state index in [1.54, 1.807) is 0 Å². The number of rotatable bonds is 4. The molecule has 6 aromatic rings. The van der Waals surface area contributed by atoms with Crippen molar-refractivity contribution < 1.29 is 26.3 Å². The summed E-state index contributed by atoms with van der Waals surface area (Å²) in [6.45, 7) is 3.71. The Hall–Kier alpha value is -4.40. The molecule has 2 aliphatic heterocycles. The molecule has 0 saturated heterocycles. The average Bonchev–Trinajstić information content (AvgIpc) is 3.78. The molecule has 0 spiro atoms. The van der Waals surface area contributed by atoms with Crippen LogP contribution in [-0.2, 0) is 0 Å². The summed E-state index contributed by atoms with van der Waals surface area (Å²) >= 11 is 2.72. The lowest BCUT2D eigenvalue weighted by atomic mass is 9.67. The number of hydrogen-bond donors (Lipinski definition) is 0. The Balaban J connectivity index is 1.25. The Morgan fingerprint density at radius 2 is 0.811 bits per heavy atom. The number of halogens is 6. The maximum atomic E-state index is 16.3. The lowest BCUT2D eigenvalue weighted by Crippen LogP contribution is -2.52. The summed E-state index contributed by atoms with van der Waals surface area (Å²) in [4.78, 5) is 1.20. The van der Waals surface area contributed by atoms with Crippen LogP contribution in [0.15, 0.2) is 144 Å². The van der Waals surface area contributed by atoms with Crippen molar-refractivity contribution >= 4 is 76.4 Å². The quantitative estimate of drug-likeness (QED) is 0.130. The third-order valence-corrected chi connectivity index (χ3v) is 15.5. The van der Waals surface area contributed by atoms with E-state index in [4.69, 9.17) is 0 Å². The van der Waals surface area contributed by atoms with E-state index < -0.39 is 38.4 Å². The highest BCUT2D eigenvalue weighted by Crippen LogP contribution is 2.77. The molecule has 2 unspecified atom stereocenters. The molecule has 264 valence electrons. The second kappa shape index (κ2) is 10.9. The minimum Gasteiger partial charge on any atom is -0.194 e. The third-order valence-electron chi connectivity index (χ3n) is 11.9. The van der Waals surface area contributed by atoms with E-state index >= 15 is 26.3 Å². The minimum atomic E-state index is -5.62. The van der Waals surface area contributed by atoms with Crippen molar-refractivity contribution in [3.8, 4) is 0 Å². The molecule has 0 radical (unpaired) electrons. The van der Waals surface area contributed by atoms with Crippen molar-refractivity contribution in [1.29, 1.82) is 0 Å². The molecule has 0 N–H and O–H groups in total. The molecule has 4 aliphatic rings. The van der Waals surface area contributed by atoms with E-state index in [9.17, 15) is 0 Å². The van der Waals surface area contributed by atoms with Crippen LogP contribution in [0.5, 0.6) is 0 Å². The Labute approximate surface area is 310 Å². The van der Waals surface area contributed by atoms with Crippen molar-refractivity contribution in [1.82, 2.24) is 0 Å². The highest BCUT2D eigenvalue weighted by atomic mass is 32.2. The number of allylic oxidation sites excluding steroid dienone is 4. The first kappa shape index (κ1) is 33.2. The van der Waals surface area contributed by atoms with Gasteiger partial charge >= 0.3 is 17.8 Å². The van der Waals surface area contributed by atoms with Gasteiger partial charge in [0.15, 0.2) is 0 Å². The van der Waals surface area contributed by atoms with Gasteiger partial charge in [0.1, 0.15) is 0 Å². The van der Waals surface area contributed by atoms with E-state index in [2.05, 4.69) is 12.1 Å². The monoisotopic (exact) mass is 748 g/mol. The zero-order valence-corrected chi connectivity index (χ0v) is 30.2. The zero-order valence-electron chi connectivity index (χ0n) is 28.5. The SMILES string of the molecule is CCC12SC(c3cccc4cc5ccccc5cc34)=CC1=C1C(=C3C=C(c4cccc5cc6ccccc6cc45)SC32CC)C(F)(F)C(F)(F)C1(F)F. The van der Waals surface area contributed by atoms with E-state index in [-0.39, 0.29) is 24.0 Å². The maximum absolute atomic E-state index is 16.3. The molecule has 10 rings (SSSR count). The van der Waals surface area contributed by atoms with Gasteiger partial charge < -0.3 is 0 Å². The van der Waals surface area contributed by atoms with E-state index in [1.807, 2.05) is 111 Å². The van der Waals surface area contributed by atoms with Crippen LogP contribution in [-0.4, -0.2) is 27.3 Å². The van der Waals surface area contributed by atoms with Crippen molar-refractivity contribution in [2.45, 2.75) is 54.0 Å². The lowest BCUT2D eigenvalue weighted by molar-refractivity contribution is -0.258. The molecular formula is C45H30F6S2. The van der Waals surface area contributed by atoms with Gasteiger partial charge in [-0.1, -0.05) is 98.8 Å². The molecule has 8 heteroatoms. The Morgan fingerprint density at radius 3 is 1.19 bits per heavy atom. The zero-order chi connectivity index (χ0) is 36.7. The first-order valence-electron chi connectivity index (χ1n) is 17.7. The van der Waals surface area contributed by atoms with Crippen molar-refractivity contribution in [3.63, 3.8) is 0 Å². The number of alkyl halides is 6. The molecule has 0 amide bonds. The van der Waals surface area contributed by atoms with Gasteiger partial charge in [0, 0.05) is 21.0 Å². The van der Waals surface area contributed by atoms with Crippen LogP contribution in [0.4, 0.5) is 26.3 Å². The van der Waals surface area contributed by atoms with Crippen molar-refractivity contribution in [2.24, 2.45) is 0 Å². The fraction of sp³-hybridized carbons (Fsp3) is 0.200. The number of benzene rings is 6. The molecule has 0 nitrogen and oxygen atoms in total. The summed E-state index contributed by atoms with van der Waals surface area (Å²) in [6.07, 6.45) is 3.54. The van der Waals surface area contributed by atoms with Crippen LogP contribution in [0.3, 0.4) is 0 Å². The molecule has 53 heavy (non-hydrogen) atoms. The van der Waals surface area contributed by atoms with Crippen LogP contribution in [0.25, 0.3) is 52.9 Å². The molecule has 0 bridgehead atoms. The van der Waals surface area contributed by atoms with Gasteiger partial charge in [0.05, 0.1) is 9.49 Å². The smallest absolute Gasteiger partial charge is 0.194 e. The molecule has 2 atom stereocenters. The first-order chi connectivity index (χ1) is 25.4. The molecule has 2 aliphatic carbocycles. The van der Waals surface area contributed by atoms with Crippen LogP contribution < -0.4 is 0 Å². The van der Waals surface area contributed by atoms with Crippen LogP contribution in [0, 0.1) is 0 Å². The predicted molar refractivity (Wildman–Crippen MR) is 209 cm³/mol. The number of fused-ring (bicyclic) bond motifs is 8. The largest absolute Gasteiger partial charge is 0.380 e. The Kier molecular flexibility index (Phi) is 6.80. The molecule has 6 aromatic carbocycles. The van der Waals surface area contributed by atoms with Gasteiger partial charge in [-0.15, -0.1) is 23.5 Å². The standard InChI is InChI=1S/C45H30F6S2/c1-3-41-35(23-37(52-41)31-17-9-15-29-19-25-11-5-7-13-27(25)21-33(29)31)39-40(44(48,49)45(50,51)43(39,46)47)36-24-38(53-42(36,41)4-2)32-18-10-16-30-20-26-12-6-8-14-28(26)22-34(30)32/h5-24H,3-4H2,1-2H3. The van der Waals surface area contributed by atoms with Crippen molar-refractivity contribution in [3.05, 3.63) is 155 Å². The lowest BCUT2D eigenvalue weighted by Gasteiger charge is -2.50. The number of hydrogen-bond acceptors (Lipinski definition) is 2.